The van der Waals surface area contributed by atoms with Gasteiger partial charge in [0, 0.05) is 5.41 Å². The van der Waals surface area contributed by atoms with Crippen LogP contribution in [-0.2, 0) is 5.41 Å². The molecule has 0 N–H and O–H groups in total. The molecular formula is C28H24. The molecule has 4 aromatic rings. The Labute approximate surface area is 167 Å². The van der Waals surface area contributed by atoms with E-state index in [9.17, 15) is 0 Å². The summed E-state index contributed by atoms with van der Waals surface area (Å²) in [6.07, 6.45) is 0. The van der Waals surface area contributed by atoms with E-state index in [0.29, 0.717) is 0 Å². The first-order chi connectivity index (χ1) is 13.5. The van der Waals surface area contributed by atoms with Crippen LogP contribution in [0.3, 0.4) is 0 Å². The Morgan fingerprint density at radius 2 is 1.11 bits per heavy atom. The summed E-state index contributed by atoms with van der Waals surface area (Å²) in [5.41, 5.74) is 12.0. The van der Waals surface area contributed by atoms with Crippen molar-refractivity contribution >= 4 is 0 Å². The quantitative estimate of drug-likeness (QED) is 0.344. The van der Waals surface area contributed by atoms with Crippen LogP contribution in [0.5, 0.6) is 0 Å². The zero-order chi connectivity index (χ0) is 19.3. The number of aryl methyl sites for hydroxylation is 1. The van der Waals surface area contributed by atoms with Gasteiger partial charge in [0.25, 0.3) is 0 Å². The Kier molecular flexibility index (Phi) is 3.77. The van der Waals surface area contributed by atoms with Gasteiger partial charge in [-0.15, -0.1) is 0 Å². The van der Waals surface area contributed by atoms with Crippen molar-refractivity contribution in [3.63, 3.8) is 0 Å². The molecule has 5 rings (SSSR count). The smallest absolute Gasteiger partial charge is 0.0159 e. The second-order valence-electron chi connectivity index (χ2n) is 8.38. The second kappa shape index (κ2) is 6.21. The Hall–Kier alpha value is -3.12. The molecule has 0 nitrogen and oxygen atoms in total. The molecule has 0 heteroatoms. The minimum absolute atomic E-state index is 0.0451. The average Bonchev–Trinajstić information content (AvgIpc) is 2.95. The molecule has 0 fully saturated rings. The zero-order valence-electron chi connectivity index (χ0n) is 16.7. The van der Waals surface area contributed by atoms with E-state index in [2.05, 4.69) is 112 Å². The van der Waals surface area contributed by atoms with Crippen LogP contribution >= 0.6 is 0 Å². The number of benzene rings is 4. The van der Waals surface area contributed by atoms with E-state index in [0.717, 1.165) is 0 Å². The third kappa shape index (κ3) is 2.60. The lowest BCUT2D eigenvalue weighted by Crippen LogP contribution is -2.14. The molecule has 4 aromatic carbocycles. The van der Waals surface area contributed by atoms with Gasteiger partial charge in [-0.05, 0) is 57.5 Å². The highest BCUT2D eigenvalue weighted by molar-refractivity contribution is 5.83. The highest BCUT2D eigenvalue weighted by atomic mass is 14.4. The van der Waals surface area contributed by atoms with Crippen LogP contribution in [0.1, 0.15) is 30.5 Å². The van der Waals surface area contributed by atoms with Crippen molar-refractivity contribution < 1.29 is 0 Å². The van der Waals surface area contributed by atoms with Gasteiger partial charge in [-0.25, -0.2) is 0 Å². The summed E-state index contributed by atoms with van der Waals surface area (Å²) in [6.45, 7) is 6.81. The molecule has 0 aliphatic heterocycles. The summed E-state index contributed by atoms with van der Waals surface area (Å²) in [4.78, 5) is 0. The van der Waals surface area contributed by atoms with Crippen molar-refractivity contribution in [3.8, 4) is 33.4 Å². The first-order valence-corrected chi connectivity index (χ1v) is 9.96. The van der Waals surface area contributed by atoms with Crippen LogP contribution in [0.25, 0.3) is 33.4 Å². The maximum absolute atomic E-state index is 2.39. The van der Waals surface area contributed by atoms with E-state index in [1.54, 1.807) is 0 Å². The molecule has 0 amide bonds. The van der Waals surface area contributed by atoms with Gasteiger partial charge < -0.3 is 0 Å². The Morgan fingerprint density at radius 3 is 1.82 bits per heavy atom. The second-order valence-corrected chi connectivity index (χ2v) is 8.38. The van der Waals surface area contributed by atoms with Crippen LogP contribution in [0.15, 0.2) is 91.0 Å². The molecule has 1 aliphatic carbocycles. The van der Waals surface area contributed by atoms with Gasteiger partial charge in [0.2, 0.25) is 0 Å². The number of hydrogen-bond donors (Lipinski definition) is 0. The monoisotopic (exact) mass is 360 g/mol. The molecule has 0 bridgehead atoms. The van der Waals surface area contributed by atoms with Crippen molar-refractivity contribution in [1.29, 1.82) is 0 Å². The third-order valence-corrected chi connectivity index (χ3v) is 6.15. The summed E-state index contributed by atoms with van der Waals surface area (Å²) < 4.78 is 0. The molecular weight excluding hydrogens is 336 g/mol. The van der Waals surface area contributed by atoms with Crippen LogP contribution in [0.2, 0.25) is 0 Å². The molecule has 0 spiro atoms. The Bertz CT molecular complexity index is 1180. The molecule has 0 aromatic heterocycles. The number of hydrogen-bond acceptors (Lipinski definition) is 0. The highest BCUT2D eigenvalue weighted by Crippen LogP contribution is 2.49. The summed E-state index contributed by atoms with van der Waals surface area (Å²) in [5.74, 6) is 0. The van der Waals surface area contributed by atoms with Crippen molar-refractivity contribution in [1.82, 2.24) is 0 Å². The summed E-state index contributed by atoms with van der Waals surface area (Å²) >= 11 is 0. The lowest BCUT2D eigenvalue weighted by atomic mass is 9.81. The lowest BCUT2D eigenvalue weighted by Gasteiger charge is -2.22. The van der Waals surface area contributed by atoms with Gasteiger partial charge in [-0.3, -0.25) is 0 Å². The minimum Gasteiger partial charge on any atom is -0.0619 e. The predicted octanol–water partition coefficient (Wildman–Crippen LogP) is 7.64. The molecule has 0 saturated heterocycles. The zero-order valence-corrected chi connectivity index (χ0v) is 16.7. The predicted molar refractivity (Wildman–Crippen MR) is 120 cm³/mol. The van der Waals surface area contributed by atoms with E-state index in [1.807, 2.05) is 0 Å². The maximum atomic E-state index is 2.39. The van der Waals surface area contributed by atoms with Gasteiger partial charge in [-0.1, -0.05) is 104 Å². The van der Waals surface area contributed by atoms with Crippen LogP contribution in [-0.4, -0.2) is 0 Å². The summed E-state index contributed by atoms with van der Waals surface area (Å²) in [5, 5.41) is 0. The largest absolute Gasteiger partial charge is 0.0619 e. The van der Waals surface area contributed by atoms with E-state index in [1.165, 1.54) is 50.1 Å². The molecule has 0 heterocycles. The fourth-order valence-corrected chi connectivity index (χ4v) is 4.56. The van der Waals surface area contributed by atoms with Crippen molar-refractivity contribution in [2.75, 3.05) is 0 Å². The minimum atomic E-state index is 0.0451. The molecule has 0 saturated carbocycles. The standard InChI is InChI=1S/C28H24/c1-19-7-6-8-22(17-19)20-11-13-21(14-12-20)23-15-16-25-24-9-4-5-10-26(24)28(2,3)27(25)18-23/h4-18H,1-3H3. The first-order valence-electron chi connectivity index (χ1n) is 9.96. The SMILES string of the molecule is Cc1cccc(-c2ccc(-c3ccc4c(c3)C(C)(C)c3ccccc3-4)cc2)c1. The molecule has 0 unspecified atom stereocenters. The molecule has 0 radical (unpaired) electrons. The van der Waals surface area contributed by atoms with E-state index in [4.69, 9.17) is 0 Å². The van der Waals surface area contributed by atoms with Crippen molar-refractivity contribution in [3.05, 3.63) is 108 Å². The maximum Gasteiger partial charge on any atom is 0.0159 e. The van der Waals surface area contributed by atoms with Gasteiger partial charge >= 0.3 is 0 Å². The van der Waals surface area contributed by atoms with Crippen molar-refractivity contribution in [2.45, 2.75) is 26.2 Å². The third-order valence-electron chi connectivity index (χ3n) is 6.15. The van der Waals surface area contributed by atoms with Gasteiger partial charge in [0.05, 0.1) is 0 Å². The van der Waals surface area contributed by atoms with Crippen molar-refractivity contribution in [2.24, 2.45) is 0 Å². The van der Waals surface area contributed by atoms with Gasteiger partial charge in [-0.2, -0.15) is 0 Å². The average molecular weight is 361 g/mol. The fourth-order valence-electron chi connectivity index (χ4n) is 4.56. The van der Waals surface area contributed by atoms with Crippen LogP contribution in [0, 0.1) is 6.92 Å². The Balaban J connectivity index is 1.55. The summed E-state index contributed by atoms with van der Waals surface area (Å²) in [6, 6.07) is 33.4. The van der Waals surface area contributed by atoms with Gasteiger partial charge in [0.15, 0.2) is 0 Å². The highest BCUT2D eigenvalue weighted by Gasteiger charge is 2.35. The number of rotatable bonds is 2. The molecule has 136 valence electrons. The normalized spacial score (nSPS) is 13.8. The number of fused-ring (bicyclic) bond motifs is 3. The van der Waals surface area contributed by atoms with E-state index >= 15 is 0 Å². The lowest BCUT2D eigenvalue weighted by molar-refractivity contribution is 0.660. The van der Waals surface area contributed by atoms with Gasteiger partial charge in [0.1, 0.15) is 0 Å². The Morgan fingerprint density at radius 1 is 0.500 bits per heavy atom. The topological polar surface area (TPSA) is 0 Å². The van der Waals surface area contributed by atoms with E-state index in [-0.39, 0.29) is 5.41 Å². The fraction of sp³-hybridized carbons (Fsp3) is 0.143. The summed E-state index contributed by atoms with van der Waals surface area (Å²) in [7, 11) is 0. The van der Waals surface area contributed by atoms with Crippen LogP contribution in [0.4, 0.5) is 0 Å². The molecule has 0 atom stereocenters. The molecule has 28 heavy (non-hydrogen) atoms. The first kappa shape index (κ1) is 17.0. The van der Waals surface area contributed by atoms with E-state index < -0.39 is 0 Å². The van der Waals surface area contributed by atoms with Crippen LogP contribution < -0.4 is 0 Å². The molecule has 1 aliphatic rings.